The van der Waals surface area contributed by atoms with Gasteiger partial charge in [-0.05, 0) is 54.4 Å². The Morgan fingerprint density at radius 3 is 2.45 bits per heavy atom. The van der Waals surface area contributed by atoms with Crippen molar-refractivity contribution in [2.45, 2.75) is 23.8 Å². The second kappa shape index (κ2) is 9.77. The van der Waals surface area contributed by atoms with Crippen LogP contribution in [0, 0.1) is 0 Å². The van der Waals surface area contributed by atoms with E-state index >= 15 is 0 Å². The third-order valence-corrected chi connectivity index (χ3v) is 8.25. The first-order chi connectivity index (χ1) is 15.1. The Balaban J connectivity index is 1.52. The lowest BCUT2D eigenvalue weighted by molar-refractivity contribution is 0.305. The van der Waals surface area contributed by atoms with Gasteiger partial charge >= 0.3 is 0 Å². The Bertz CT molecular complexity index is 1100. The average molecular weight is 456 g/mol. The summed E-state index contributed by atoms with van der Waals surface area (Å²) in [7, 11) is -3.62. The number of sulfonamides is 1. The lowest BCUT2D eigenvalue weighted by atomic mass is 10.2. The van der Waals surface area contributed by atoms with E-state index in [4.69, 9.17) is 9.47 Å². The zero-order valence-electron chi connectivity index (χ0n) is 17.3. The van der Waals surface area contributed by atoms with Gasteiger partial charge in [0.2, 0.25) is 10.0 Å². The number of hydrogen-bond acceptors (Lipinski definition) is 5. The maximum absolute atomic E-state index is 13.3. The monoisotopic (exact) mass is 455 g/mol. The highest BCUT2D eigenvalue weighted by atomic mass is 32.2. The van der Waals surface area contributed by atoms with E-state index in [1.54, 1.807) is 40.3 Å². The molecule has 1 heterocycles. The number of benzene rings is 3. The van der Waals surface area contributed by atoms with Crippen molar-refractivity contribution in [2.75, 3.05) is 18.9 Å². The van der Waals surface area contributed by atoms with Gasteiger partial charge in [-0.15, -0.1) is 11.8 Å². The molecule has 0 amide bonds. The van der Waals surface area contributed by atoms with Crippen molar-refractivity contribution in [3.8, 4) is 11.5 Å². The van der Waals surface area contributed by atoms with Crippen LogP contribution in [0.15, 0.2) is 83.8 Å². The van der Waals surface area contributed by atoms with E-state index < -0.39 is 10.0 Å². The number of thioether (sulfide) groups is 1. The van der Waals surface area contributed by atoms with E-state index in [-0.39, 0.29) is 10.3 Å². The molecule has 0 bridgehead atoms. The molecule has 1 aliphatic heterocycles. The first kappa shape index (κ1) is 21.7. The third-order valence-electron chi connectivity index (χ3n) is 4.98. The van der Waals surface area contributed by atoms with Gasteiger partial charge in [-0.3, -0.25) is 0 Å². The predicted molar refractivity (Wildman–Crippen MR) is 124 cm³/mol. The number of hydrogen-bond donors (Lipinski definition) is 0. The molecule has 1 fully saturated rings. The Labute approximate surface area is 188 Å². The van der Waals surface area contributed by atoms with Crippen molar-refractivity contribution in [1.29, 1.82) is 0 Å². The fourth-order valence-electron chi connectivity index (χ4n) is 3.47. The topological polar surface area (TPSA) is 55.8 Å². The lowest BCUT2D eigenvalue weighted by Crippen LogP contribution is -2.30. The van der Waals surface area contributed by atoms with Gasteiger partial charge in [0, 0.05) is 12.3 Å². The minimum absolute atomic E-state index is 0.278. The van der Waals surface area contributed by atoms with Crippen LogP contribution >= 0.6 is 11.8 Å². The van der Waals surface area contributed by atoms with Crippen molar-refractivity contribution in [2.24, 2.45) is 0 Å². The quantitative estimate of drug-likeness (QED) is 0.473. The molecule has 7 heteroatoms. The van der Waals surface area contributed by atoms with Crippen LogP contribution in [0.5, 0.6) is 11.5 Å². The summed E-state index contributed by atoms with van der Waals surface area (Å²) >= 11 is 1.63. The summed E-state index contributed by atoms with van der Waals surface area (Å²) in [5.41, 5.74) is 2.01. The van der Waals surface area contributed by atoms with Gasteiger partial charge in [0.25, 0.3) is 0 Å². The highest BCUT2D eigenvalue weighted by Gasteiger charge is 2.37. The number of ether oxygens (including phenoxy) is 2. The van der Waals surface area contributed by atoms with E-state index in [0.717, 1.165) is 22.6 Å². The summed E-state index contributed by atoms with van der Waals surface area (Å²) in [4.78, 5) is 0.278. The van der Waals surface area contributed by atoms with Crippen molar-refractivity contribution in [1.82, 2.24) is 4.31 Å². The lowest BCUT2D eigenvalue weighted by Gasteiger charge is -2.24. The summed E-state index contributed by atoms with van der Waals surface area (Å²) in [6.45, 7) is 3.38. The van der Waals surface area contributed by atoms with Crippen molar-refractivity contribution in [3.63, 3.8) is 0 Å². The SMILES string of the molecule is CCOc1ccc(S(=O)(=O)N2CCS[C@H]2c2cccc(OCc3ccccc3)c2)cc1. The molecule has 1 atom stereocenters. The molecule has 0 N–H and O–H groups in total. The van der Waals surface area contributed by atoms with Crippen LogP contribution in [0.1, 0.15) is 23.4 Å². The molecule has 4 rings (SSSR count). The molecule has 1 aliphatic rings. The van der Waals surface area contributed by atoms with E-state index in [2.05, 4.69) is 0 Å². The molecule has 31 heavy (non-hydrogen) atoms. The van der Waals surface area contributed by atoms with Gasteiger partial charge < -0.3 is 9.47 Å². The zero-order chi connectivity index (χ0) is 21.7. The summed E-state index contributed by atoms with van der Waals surface area (Å²) < 4.78 is 39.6. The van der Waals surface area contributed by atoms with Crippen LogP contribution in [-0.2, 0) is 16.6 Å². The van der Waals surface area contributed by atoms with Crippen LogP contribution in [-0.4, -0.2) is 31.6 Å². The van der Waals surface area contributed by atoms with Gasteiger partial charge in [0.1, 0.15) is 18.1 Å². The molecular weight excluding hydrogens is 430 g/mol. The molecule has 0 radical (unpaired) electrons. The number of nitrogens with zero attached hydrogens (tertiary/aromatic N) is 1. The first-order valence-corrected chi connectivity index (χ1v) is 12.7. The third kappa shape index (κ3) is 5.06. The first-order valence-electron chi connectivity index (χ1n) is 10.2. The van der Waals surface area contributed by atoms with E-state index in [9.17, 15) is 8.42 Å². The zero-order valence-corrected chi connectivity index (χ0v) is 18.9. The standard InChI is InChI=1S/C24H25NO4S2/c1-2-28-21-11-13-23(14-12-21)31(26,27)25-15-16-30-24(25)20-9-6-10-22(17-20)29-18-19-7-4-3-5-8-19/h3-14,17,24H,2,15-16,18H2,1H3/t24-/m0/s1. The normalized spacial score (nSPS) is 16.9. The largest absolute Gasteiger partial charge is 0.494 e. The molecule has 3 aromatic carbocycles. The Morgan fingerprint density at radius 2 is 1.71 bits per heavy atom. The van der Waals surface area contributed by atoms with Crippen molar-refractivity contribution < 1.29 is 17.9 Å². The van der Waals surface area contributed by atoms with Gasteiger partial charge in [-0.2, -0.15) is 4.31 Å². The molecule has 0 unspecified atom stereocenters. The minimum Gasteiger partial charge on any atom is -0.494 e. The van der Waals surface area contributed by atoms with Gasteiger partial charge in [-0.25, -0.2) is 8.42 Å². The van der Waals surface area contributed by atoms with E-state index in [1.807, 2.05) is 61.5 Å². The molecule has 3 aromatic rings. The minimum atomic E-state index is -3.62. The molecule has 5 nitrogen and oxygen atoms in total. The summed E-state index contributed by atoms with van der Waals surface area (Å²) in [5.74, 6) is 2.14. The maximum atomic E-state index is 13.3. The molecule has 0 spiro atoms. The average Bonchev–Trinajstić information content (AvgIpc) is 3.30. The van der Waals surface area contributed by atoms with Crippen LogP contribution in [0.25, 0.3) is 0 Å². The molecule has 162 valence electrons. The summed E-state index contributed by atoms with van der Waals surface area (Å²) in [6.07, 6.45) is 0. The predicted octanol–water partition coefficient (Wildman–Crippen LogP) is 5.10. The van der Waals surface area contributed by atoms with Gasteiger partial charge in [0.05, 0.1) is 16.9 Å². The van der Waals surface area contributed by atoms with Crippen LogP contribution in [0.4, 0.5) is 0 Å². The maximum Gasteiger partial charge on any atom is 0.244 e. The van der Waals surface area contributed by atoms with E-state index in [1.165, 1.54) is 0 Å². The highest BCUT2D eigenvalue weighted by Crippen LogP contribution is 2.42. The highest BCUT2D eigenvalue weighted by molar-refractivity contribution is 8.01. The van der Waals surface area contributed by atoms with Gasteiger partial charge in [-0.1, -0.05) is 42.5 Å². The molecule has 1 saturated heterocycles. The van der Waals surface area contributed by atoms with Crippen LogP contribution < -0.4 is 9.47 Å². The molecule has 0 aliphatic carbocycles. The fraction of sp³-hybridized carbons (Fsp3) is 0.250. The second-order valence-corrected chi connectivity index (χ2v) is 10.2. The van der Waals surface area contributed by atoms with E-state index in [0.29, 0.717) is 25.5 Å². The van der Waals surface area contributed by atoms with Gasteiger partial charge in [0.15, 0.2) is 0 Å². The van der Waals surface area contributed by atoms with Crippen LogP contribution in [0.2, 0.25) is 0 Å². The van der Waals surface area contributed by atoms with Crippen molar-refractivity contribution >= 4 is 21.8 Å². The van der Waals surface area contributed by atoms with Crippen LogP contribution in [0.3, 0.4) is 0 Å². The Morgan fingerprint density at radius 1 is 0.935 bits per heavy atom. The smallest absolute Gasteiger partial charge is 0.244 e. The Kier molecular flexibility index (Phi) is 6.85. The number of rotatable bonds is 8. The molecule has 0 saturated carbocycles. The summed E-state index contributed by atoms with van der Waals surface area (Å²) in [6, 6.07) is 24.3. The Hall–Kier alpha value is -2.48. The molecular formula is C24H25NO4S2. The van der Waals surface area contributed by atoms with Crippen molar-refractivity contribution in [3.05, 3.63) is 90.0 Å². The molecule has 0 aromatic heterocycles. The summed E-state index contributed by atoms with van der Waals surface area (Å²) in [5, 5.41) is -0.281. The second-order valence-electron chi connectivity index (χ2n) is 7.09. The fourth-order valence-corrected chi connectivity index (χ4v) is 6.70.